The highest BCUT2D eigenvalue weighted by Gasteiger charge is 2.31. The fourth-order valence-electron chi connectivity index (χ4n) is 4.82. The predicted octanol–water partition coefficient (Wildman–Crippen LogP) is 2.19. The van der Waals surface area contributed by atoms with Gasteiger partial charge in [0, 0.05) is 51.0 Å². The van der Waals surface area contributed by atoms with Crippen LogP contribution < -0.4 is 5.56 Å². The topological polar surface area (TPSA) is 69.3 Å². The van der Waals surface area contributed by atoms with Crippen LogP contribution >= 0.6 is 0 Å². The summed E-state index contributed by atoms with van der Waals surface area (Å²) in [4.78, 5) is 37.1. The predicted molar refractivity (Wildman–Crippen MR) is 100 cm³/mol. The van der Waals surface area contributed by atoms with E-state index in [2.05, 4.69) is 9.88 Å². The molecule has 142 valence electrons. The fraction of sp³-hybridized carbons (Fsp3) is 0.750. The third-order valence-electron chi connectivity index (χ3n) is 6.35. The minimum atomic E-state index is 0.0334. The molecule has 1 atom stereocenters. The number of H-pyrrole nitrogens is 1. The van der Waals surface area contributed by atoms with E-state index in [1.165, 1.54) is 25.7 Å². The fourth-order valence-corrected chi connectivity index (χ4v) is 4.82. The highest BCUT2D eigenvalue weighted by atomic mass is 16.2. The van der Waals surface area contributed by atoms with Crippen LogP contribution in [0.1, 0.15) is 74.9 Å². The standard InChI is InChI=1S/C20H30N4O2/c1-2-5-18(25)24-10-8-14(12-24)19-21-17-9-11-23(15-6-3-4-7-15)13-16(17)20(26)22-19/h14-15H,2-13H2,1H3,(H,21,22,26). The maximum atomic E-state index is 12.7. The van der Waals surface area contributed by atoms with Crippen LogP contribution in [-0.2, 0) is 17.8 Å². The number of aromatic amines is 1. The van der Waals surface area contributed by atoms with Crippen molar-refractivity contribution in [3.05, 3.63) is 27.4 Å². The molecule has 6 heteroatoms. The van der Waals surface area contributed by atoms with Crippen molar-refractivity contribution in [2.45, 2.75) is 76.8 Å². The van der Waals surface area contributed by atoms with Gasteiger partial charge in [0.2, 0.25) is 5.91 Å². The zero-order valence-corrected chi connectivity index (χ0v) is 15.8. The maximum absolute atomic E-state index is 12.7. The van der Waals surface area contributed by atoms with Crippen molar-refractivity contribution in [3.63, 3.8) is 0 Å². The van der Waals surface area contributed by atoms with E-state index in [-0.39, 0.29) is 17.4 Å². The first-order valence-corrected chi connectivity index (χ1v) is 10.3. The molecule has 1 aromatic heterocycles. The lowest BCUT2D eigenvalue weighted by molar-refractivity contribution is -0.130. The molecule has 0 radical (unpaired) electrons. The number of likely N-dealkylation sites (tertiary alicyclic amines) is 1. The van der Waals surface area contributed by atoms with Crippen LogP contribution in [0.2, 0.25) is 0 Å². The first-order chi connectivity index (χ1) is 12.7. The van der Waals surface area contributed by atoms with Crippen molar-refractivity contribution in [1.29, 1.82) is 0 Å². The molecule has 1 unspecified atom stereocenters. The Morgan fingerprint density at radius 2 is 2.04 bits per heavy atom. The number of fused-ring (bicyclic) bond motifs is 1. The van der Waals surface area contributed by atoms with Gasteiger partial charge in [-0.2, -0.15) is 0 Å². The summed E-state index contributed by atoms with van der Waals surface area (Å²) in [7, 11) is 0. The average molecular weight is 358 g/mol. The van der Waals surface area contributed by atoms with Gasteiger partial charge >= 0.3 is 0 Å². The van der Waals surface area contributed by atoms with E-state index in [1.54, 1.807) is 0 Å². The summed E-state index contributed by atoms with van der Waals surface area (Å²) < 4.78 is 0. The number of amides is 1. The Labute approximate surface area is 155 Å². The lowest BCUT2D eigenvalue weighted by Crippen LogP contribution is -2.41. The van der Waals surface area contributed by atoms with Crippen molar-refractivity contribution < 1.29 is 4.79 Å². The van der Waals surface area contributed by atoms with Crippen LogP contribution in [0.5, 0.6) is 0 Å². The highest BCUT2D eigenvalue weighted by molar-refractivity contribution is 5.76. The Morgan fingerprint density at radius 1 is 1.23 bits per heavy atom. The second kappa shape index (κ2) is 7.51. The van der Waals surface area contributed by atoms with Crippen LogP contribution in [-0.4, -0.2) is 51.4 Å². The monoisotopic (exact) mass is 358 g/mol. The number of nitrogens with zero attached hydrogens (tertiary/aromatic N) is 3. The van der Waals surface area contributed by atoms with Crippen molar-refractivity contribution >= 4 is 5.91 Å². The normalized spacial score (nSPS) is 24.2. The van der Waals surface area contributed by atoms with Crippen LogP contribution in [0.4, 0.5) is 0 Å². The van der Waals surface area contributed by atoms with E-state index in [4.69, 9.17) is 4.98 Å². The highest BCUT2D eigenvalue weighted by Crippen LogP contribution is 2.29. The summed E-state index contributed by atoms with van der Waals surface area (Å²) in [5.74, 6) is 1.18. The number of hydrogen-bond acceptors (Lipinski definition) is 4. The van der Waals surface area contributed by atoms with Crippen molar-refractivity contribution in [2.75, 3.05) is 19.6 Å². The number of carbonyl (C=O) groups excluding carboxylic acids is 1. The number of hydrogen-bond donors (Lipinski definition) is 1. The molecule has 1 N–H and O–H groups in total. The van der Waals surface area contributed by atoms with Gasteiger partial charge in [0.05, 0.1) is 11.3 Å². The van der Waals surface area contributed by atoms with Crippen molar-refractivity contribution in [2.24, 2.45) is 0 Å². The Morgan fingerprint density at radius 3 is 2.81 bits per heavy atom. The zero-order chi connectivity index (χ0) is 18.1. The maximum Gasteiger partial charge on any atom is 0.255 e. The van der Waals surface area contributed by atoms with Gasteiger partial charge < -0.3 is 9.88 Å². The third-order valence-corrected chi connectivity index (χ3v) is 6.35. The molecule has 3 aliphatic rings. The van der Waals surface area contributed by atoms with Gasteiger partial charge in [-0.25, -0.2) is 4.98 Å². The molecule has 26 heavy (non-hydrogen) atoms. The molecule has 2 fully saturated rings. The molecule has 0 aromatic carbocycles. The van der Waals surface area contributed by atoms with E-state index < -0.39 is 0 Å². The first kappa shape index (κ1) is 17.7. The zero-order valence-electron chi connectivity index (χ0n) is 15.8. The Kier molecular flexibility index (Phi) is 5.11. The molecule has 1 aromatic rings. The number of nitrogens with one attached hydrogen (secondary N) is 1. The van der Waals surface area contributed by atoms with E-state index in [1.807, 2.05) is 11.8 Å². The van der Waals surface area contributed by atoms with Gasteiger partial charge in [-0.05, 0) is 25.7 Å². The summed E-state index contributed by atoms with van der Waals surface area (Å²) in [5.41, 5.74) is 1.88. The Bertz CT molecular complexity index is 723. The minimum Gasteiger partial charge on any atom is -0.342 e. The third kappa shape index (κ3) is 3.43. The summed E-state index contributed by atoms with van der Waals surface area (Å²) in [6.45, 7) is 5.26. The quantitative estimate of drug-likeness (QED) is 0.896. The first-order valence-electron chi connectivity index (χ1n) is 10.3. The Hall–Kier alpha value is -1.69. The van der Waals surface area contributed by atoms with E-state index in [0.29, 0.717) is 19.0 Å². The van der Waals surface area contributed by atoms with Crippen molar-refractivity contribution in [3.8, 4) is 0 Å². The largest absolute Gasteiger partial charge is 0.342 e. The molecule has 4 rings (SSSR count). The van der Waals surface area contributed by atoms with E-state index in [9.17, 15) is 9.59 Å². The van der Waals surface area contributed by atoms with E-state index in [0.717, 1.165) is 56.0 Å². The molecule has 1 aliphatic carbocycles. The van der Waals surface area contributed by atoms with Gasteiger partial charge in [0.1, 0.15) is 5.82 Å². The van der Waals surface area contributed by atoms with Crippen LogP contribution in [0.3, 0.4) is 0 Å². The Balaban J connectivity index is 1.48. The molecule has 2 aliphatic heterocycles. The van der Waals surface area contributed by atoms with Crippen LogP contribution in [0.15, 0.2) is 4.79 Å². The lowest BCUT2D eigenvalue weighted by atomic mass is 10.0. The molecule has 1 saturated carbocycles. The molecule has 0 spiro atoms. The van der Waals surface area contributed by atoms with E-state index >= 15 is 0 Å². The van der Waals surface area contributed by atoms with Crippen molar-refractivity contribution in [1.82, 2.24) is 19.8 Å². The SMILES string of the molecule is CCCC(=O)N1CCC(c2nc3c(c(=O)[nH]2)CN(C2CCCC2)CC3)C1. The molecule has 1 amide bonds. The summed E-state index contributed by atoms with van der Waals surface area (Å²) in [6.07, 6.45) is 8.42. The molecule has 0 bridgehead atoms. The molecule has 3 heterocycles. The molecular weight excluding hydrogens is 328 g/mol. The van der Waals surface area contributed by atoms with Gasteiger partial charge in [-0.3, -0.25) is 14.5 Å². The van der Waals surface area contributed by atoms with Gasteiger partial charge in [-0.1, -0.05) is 19.8 Å². The smallest absolute Gasteiger partial charge is 0.255 e. The second-order valence-corrected chi connectivity index (χ2v) is 8.11. The summed E-state index contributed by atoms with van der Waals surface area (Å²) >= 11 is 0. The van der Waals surface area contributed by atoms with Crippen LogP contribution in [0, 0.1) is 0 Å². The minimum absolute atomic E-state index is 0.0334. The van der Waals surface area contributed by atoms with Crippen LogP contribution in [0.25, 0.3) is 0 Å². The number of rotatable bonds is 4. The summed E-state index contributed by atoms with van der Waals surface area (Å²) in [5, 5.41) is 0. The number of carbonyl (C=O) groups is 1. The van der Waals surface area contributed by atoms with Gasteiger partial charge in [0.25, 0.3) is 5.56 Å². The van der Waals surface area contributed by atoms with Gasteiger partial charge in [-0.15, -0.1) is 0 Å². The second-order valence-electron chi connectivity index (χ2n) is 8.11. The lowest BCUT2D eigenvalue weighted by Gasteiger charge is -2.32. The van der Waals surface area contributed by atoms with Gasteiger partial charge in [0.15, 0.2) is 0 Å². The number of aromatic nitrogens is 2. The average Bonchev–Trinajstić information content (AvgIpc) is 3.34. The molecule has 1 saturated heterocycles. The molecule has 6 nitrogen and oxygen atoms in total. The molecular formula is C20H30N4O2. The summed E-state index contributed by atoms with van der Waals surface area (Å²) in [6, 6.07) is 0.648.